The molecule has 0 aliphatic heterocycles. The molecule has 1 N–H and O–H groups in total. The van der Waals surface area contributed by atoms with Crippen molar-refractivity contribution in [3.63, 3.8) is 0 Å². The summed E-state index contributed by atoms with van der Waals surface area (Å²) in [5, 5.41) is 2.96. The Kier molecular flexibility index (Phi) is 10.3. The highest BCUT2D eigenvalue weighted by atomic mass is 16.2. The van der Waals surface area contributed by atoms with E-state index in [4.69, 9.17) is 0 Å². The van der Waals surface area contributed by atoms with E-state index in [1.807, 2.05) is 18.7 Å². The fraction of sp³-hybridized carbons (Fsp3) is 0.923. The first-order valence-electron chi connectivity index (χ1n) is 6.79. The molecule has 0 heterocycles. The van der Waals surface area contributed by atoms with Crippen LogP contribution < -0.4 is 5.32 Å². The molecule has 0 saturated heterocycles. The van der Waals surface area contributed by atoms with Crippen LogP contribution in [0, 0.1) is 0 Å². The molecule has 0 rings (SSSR count). The fourth-order valence-corrected chi connectivity index (χ4v) is 1.72. The van der Waals surface area contributed by atoms with Crippen LogP contribution in [0.25, 0.3) is 0 Å². The Hall–Kier alpha value is -0.730. The van der Waals surface area contributed by atoms with Gasteiger partial charge in [-0.1, -0.05) is 39.0 Å². The van der Waals surface area contributed by atoms with E-state index in [0.717, 1.165) is 26.1 Å². The quantitative estimate of drug-likeness (QED) is 0.603. The average molecular weight is 228 g/mol. The number of unbranched alkanes of at least 4 members (excludes halogenated alkanes) is 5. The molecule has 0 unspecified atom stereocenters. The number of urea groups is 1. The zero-order valence-corrected chi connectivity index (χ0v) is 11.2. The summed E-state index contributed by atoms with van der Waals surface area (Å²) < 4.78 is 0. The van der Waals surface area contributed by atoms with Gasteiger partial charge in [-0.15, -0.1) is 0 Å². The number of hydrogen-bond acceptors (Lipinski definition) is 1. The molecule has 96 valence electrons. The summed E-state index contributed by atoms with van der Waals surface area (Å²) in [6, 6.07) is 0.0820. The van der Waals surface area contributed by atoms with Crippen molar-refractivity contribution in [3.05, 3.63) is 0 Å². The molecule has 0 aromatic heterocycles. The highest BCUT2D eigenvalue weighted by molar-refractivity contribution is 5.73. The van der Waals surface area contributed by atoms with Crippen LogP contribution in [0.1, 0.15) is 59.3 Å². The maximum Gasteiger partial charge on any atom is 0.317 e. The summed E-state index contributed by atoms with van der Waals surface area (Å²) in [7, 11) is 0. The summed E-state index contributed by atoms with van der Waals surface area (Å²) in [5.41, 5.74) is 0. The Morgan fingerprint density at radius 1 is 0.938 bits per heavy atom. The Morgan fingerprint density at radius 2 is 1.50 bits per heavy atom. The second-order valence-electron chi connectivity index (χ2n) is 4.17. The normalized spacial score (nSPS) is 10.2. The smallest absolute Gasteiger partial charge is 0.317 e. The number of amides is 2. The van der Waals surface area contributed by atoms with E-state index in [-0.39, 0.29) is 6.03 Å². The lowest BCUT2D eigenvalue weighted by Gasteiger charge is -2.19. The lowest BCUT2D eigenvalue weighted by molar-refractivity contribution is 0.203. The van der Waals surface area contributed by atoms with Crippen LogP contribution in [0.4, 0.5) is 4.79 Å². The zero-order chi connectivity index (χ0) is 12.2. The van der Waals surface area contributed by atoms with E-state index in [1.165, 1.54) is 32.1 Å². The molecular formula is C13H28N2O. The van der Waals surface area contributed by atoms with Gasteiger partial charge in [-0.05, 0) is 20.3 Å². The highest BCUT2D eigenvalue weighted by Crippen LogP contribution is 2.04. The minimum absolute atomic E-state index is 0.0820. The van der Waals surface area contributed by atoms with Crippen LogP contribution >= 0.6 is 0 Å². The third kappa shape index (κ3) is 7.55. The van der Waals surface area contributed by atoms with Gasteiger partial charge in [0.15, 0.2) is 0 Å². The lowest BCUT2D eigenvalue weighted by atomic mass is 10.1. The highest BCUT2D eigenvalue weighted by Gasteiger charge is 2.06. The van der Waals surface area contributed by atoms with Crippen molar-refractivity contribution in [2.45, 2.75) is 59.3 Å². The Morgan fingerprint density at radius 3 is 2.06 bits per heavy atom. The van der Waals surface area contributed by atoms with Crippen LogP contribution in [-0.4, -0.2) is 30.6 Å². The number of nitrogens with one attached hydrogen (secondary N) is 1. The Balaban J connectivity index is 3.33. The molecule has 0 aromatic carbocycles. The number of carbonyl (C=O) groups is 1. The first kappa shape index (κ1) is 15.3. The van der Waals surface area contributed by atoms with Crippen LogP contribution in [0.3, 0.4) is 0 Å². The summed E-state index contributed by atoms with van der Waals surface area (Å²) in [5.74, 6) is 0. The number of rotatable bonds is 9. The van der Waals surface area contributed by atoms with E-state index in [9.17, 15) is 4.79 Å². The first-order valence-corrected chi connectivity index (χ1v) is 6.79. The molecule has 3 heteroatoms. The van der Waals surface area contributed by atoms with Gasteiger partial charge in [-0.3, -0.25) is 0 Å². The summed E-state index contributed by atoms with van der Waals surface area (Å²) in [6.45, 7) is 8.64. The molecule has 3 nitrogen and oxygen atoms in total. The van der Waals surface area contributed by atoms with Crippen LogP contribution in [0.2, 0.25) is 0 Å². The minimum Gasteiger partial charge on any atom is -0.338 e. The second-order valence-corrected chi connectivity index (χ2v) is 4.17. The summed E-state index contributed by atoms with van der Waals surface area (Å²) in [6.07, 6.45) is 7.61. The zero-order valence-electron chi connectivity index (χ0n) is 11.2. The van der Waals surface area contributed by atoms with Gasteiger partial charge in [0.2, 0.25) is 0 Å². The monoisotopic (exact) mass is 228 g/mol. The predicted molar refractivity (Wildman–Crippen MR) is 69.7 cm³/mol. The third-order valence-corrected chi connectivity index (χ3v) is 2.86. The van der Waals surface area contributed by atoms with Gasteiger partial charge in [0.25, 0.3) is 0 Å². The molecule has 0 bridgehead atoms. The van der Waals surface area contributed by atoms with Crippen molar-refractivity contribution in [2.75, 3.05) is 19.6 Å². The predicted octanol–water partition coefficient (Wildman–Crippen LogP) is 3.40. The fourth-order valence-electron chi connectivity index (χ4n) is 1.72. The topological polar surface area (TPSA) is 32.3 Å². The van der Waals surface area contributed by atoms with Crippen LogP contribution in [0.5, 0.6) is 0 Å². The van der Waals surface area contributed by atoms with Crippen molar-refractivity contribution in [3.8, 4) is 0 Å². The number of hydrogen-bond donors (Lipinski definition) is 1. The largest absolute Gasteiger partial charge is 0.338 e. The molecule has 0 aliphatic rings. The molecular weight excluding hydrogens is 200 g/mol. The Bertz CT molecular complexity index is 167. The standard InChI is InChI=1S/C13H28N2O/c1-4-7-8-9-10-11-12-14-13(16)15(5-2)6-3/h4-12H2,1-3H3,(H,14,16). The van der Waals surface area contributed by atoms with Crippen molar-refractivity contribution in [1.82, 2.24) is 10.2 Å². The molecule has 0 aromatic rings. The molecule has 16 heavy (non-hydrogen) atoms. The summed E-state index contributed by atoms with van der Waals surface area (Å²) >= 11 is 0. The van der Waals surface area contributed by atoms with E-state index in [1.54, 1.807) is 0 Å². The molecule has 0 saturated carbocycles. The molecule has 0 atom stereocenters. The summed E-state index contributed by atoms with van der Waals surface area (Å²) in [4.78, 5) is 13.4. The van der Waals surface area contributed by atoms with E-state index in [0.29, 0.717) is 0 Å². The van der Waals surface area contributed by atoms with E-state index < -0.39 is 0 Å². The van der Waals surface area contributed by atoms with Gasteiger partial charge in [0, 0.05) is 19.6 Å². The van der Waals surface area contributed by atoms with Crippen molar-refractivity contribution >= 4 is 6.03 Å². The number of nitrogens with zero attached hydrogens (tertiary/aromatic N) is 1. The van der Waals surface area contributed by atoms with Crippen molar-refractivity contribution < 1.29 is 4.79 Å². The minimum atomic E-state index is 0.0820. The molecule has 0 radical (unpaired) electrons. The molecule has 0 aliphatic carbocycles. The van der Waals surface area contributed by atoms with Gasteiger partial charge in [-0.2, -0.15) is 0 Å². The van der Waals surface area contributed by atoms with E-state index >= 15 is 0 Å². The maximum atomic E-state index is 11.6. The SMILES string of the molecule is CCCCCCCCNC(=O)N(CC)CC. The molecule has 0 spiro atoms. The van der Waals surface area contributed by atoms with Crippen molar-refractivity contribution in [1.29, 1.82) is 0 Å². The van der Waals surface area contributed by atoms with Gasteiger partial charge < -0.3 is 10.2 Å². The number of carbonyl (C=O) groups excluding carboxylic acids is 1. The van der Waals surface area contributed by atoms with Gasteiger partial charge in [0.05, 0.1) is 0 Å². The van der Waals surface area contributed by atoms with Crippen LogP contribution in [0.15, 0.2) is 0 Å². The van der Waals surface area contributed by atoms with Gasteiger partial charge in [0.1, 0.15) is 0 Å². The van der Waals surface area contributed by atoms with Crippen molar-refractivity contribution in [2.24, 2.45) is 0 Å². The Labute approximate surface area is 101 Å². The molecule has 0 fully saturated rings. The van der Waals surface area contributed by atoms with E-state index in [2.05, 4.69) is 12.2 Å². The third-order valence-electron chi connectivity index (χ3n) is 2.86. The first-order chi connectivity index (χ1) is 7.76. The maximum absolute atomic E-state index is 11.6. The van der Waals surface area contributed by atoms with Gasteiger partial charge >= 0.3 is 6.03 Å². The second kappa shape index (κ2) is 10.8. The average Bonchev–Trinajstić information content (AvgIpc) is 2.29. The molecule has 2 amide bonds. The van der Waals surface area contributed by atoms with Gasteiger partial charge in [-0.25, -0.2) is 4.79 Å². The lowest BCUT2D eigenvalue weighted by Crippen LogP contribution is -2.40. The van der Waals surface area contributed by atoms with Crippen LogP contribution in [-0.2, 0) is 0 Å².